The summed E-state index contributed by atoms with van der Waals surface area (Å²) in [6.45, 7) is 12.1. The highest BCUT2D eigenvalue weighted by Crippen LogP contribution is 2.48. The second-order valence-corrected chi connectivity index (χ2v) is 15.2. The molecule has 58 heavy (non-hydrogen) atoms. The first-order valence-corrected chi connectivity index (χ1v) is 18.8. The Morgan fingerprint density at radius 3 is 2.19 bits per heavy atom. The maximum atomic E-state index is 14.6. The molecule has 1 amide bonds. The van der Waals surface area contributed by atoms with Crippen molar-refractivity contribution in [3.05, 3.63) is 99.9 Å². The van der Waals surface area contributed by atoms with Gasteiger partial charge in [-0.2, -0.15) is 0 Å². The summed E-state index contributed by atoms with van der Waals surface area (Å²) in [6.07, 6.45) is 3.11. The molecule has 4 aliphatic rings. The molecule has 0 saturated heterocycles. The van der Waals surface area contributed by atoms with Gasteiger partial charge in [0, 0.05) is 61.5 Å². The average Bonchev–Trinajstić information content (AvgIpc) is 3.45. The monoisotopic (exact) mass is 804 g/mol. The van der Waals surface area contributed by atoms with Gasteiger partial charge in [0.15, 0.2) is 0 Å². The molecule has 0 radical (unpaired) electrons. The van der Waals surface area contributed by atoms with E-state index in [4.69, 9.17) is 18.9 Å². The molecule has 3 aliphatic heterocycles. The van der Waals surface area contributed by atoms with Crippen LogP contribution >= 0.6 is 0 Å². The number of ether oxygens (including phenoxy) is 4. The van der Waals surface area contributed by atoms with E-state index < -0.39 is 117 Å². The summed E-state index contributed by atoms with van der Waals surface area (Å²) < 4.78 is 37.2. The number of hydrogen-bond donors (Lipinski definition) is 5. The molecule has 0 spiro atoms. The van der Waals surface area contributed by atoms with E-state index in [0.717, 1.165) is 18.4 Å². The molecule has 15 heteroatoms. The Kier molecular flexibility index (Phi) is 12.8. The molecule has 0 fully saturated rings. The Balaban J connectivity index is 1.68. The zero-order valence-electron chi connectivity index (χ0n) is 33.7. The van der Waals surface area contributed by atoms with Gasteiger partial charge in [-0.1, -0.05) is 45.9 Å². The van der Waals surface area contributed by atoms with E-state index in [1.165, 1.54) is 65.2 Å². The molecular formula is C43H49FN2O12. The van der Waals surface area contributed by atoms with Gasteiger partial charge in [-0.25, -0.2) is 4.39 Å². The van der Waals surface area contributed by atoms with Gasteiger partial charge in [0.05, 0.1) is 41.3 Å². The Hall–Kier alpha value is -5.64. The molecule has 0 aromatic heterocycles. The number of aromatic hydroxyl groups is 1. The number of allylic oxidation sites excluding steroid dienone is 4. The van der Waals surface area contributed by atoms with Crippen molar-refractivity contribution in [2.24, 2.45) is 23.7 Å². The number of carbonyl (C=O) groups is 5. The lowest BCUT2D eigenvalue weighted by molar-refractivity contribution is -0.160. The van der Waals surface area contributed by atoms with E-state index in [1.54, 1.807) is 33.8 Å². The fourth-order valence-corrected chi connectivity index (χ4v) is 7.49. The number of rotatable bonds is 4. The third-order valence-electron chi connectivity index (χ3n) is 11.1. The normalized spacial score (nSPS) is 29.4. The standard InChI is InChI=1S/C43H49FN2O12/c1-19-11-10-12-20(2)42(54)46-33-32(45-27-15-13-26(44)14-16-27)37(51)29-30(38(33)52)36(50)24(6)40-31(29)41(53)43(8,58-40)56-18-17-28(55-9)21(3)39(57-25(7)47)23(5)35(49)22(4)34(19)48/h10-19,21-23,28,34-35,39,45,48-50H,1-9H3,(H,46,54). The molecule has 5 N–H and O–H groups in total. The number of Topliss-reactive ketones (excluding diaryl/α,β-unsaturated/α-hetero) is 3. The van der Waals surface area contributed by atoms with E-state index >= 15 is 0 Å². The second kappa shape index (κ2) is 17.1. The van der Waals surface area contributed by atoms with Crippen LogP contribution in [0.1, 0.15) is 85.1 Å². The van der Waals surface area contributed by atoms with Crippen LogP contribution in [0.25, 0.3) is 0 Å². The number of nitrogens with one attached hydrogen (secondary N) is 2. The smallest absolute Gasteiger partial charge is 0.312 e. The van der Waals surface area contributed by atoms with E-state index in [-0.39, 0.29) is 28.1 Å². The molecule has 2 aromatic carbocycles. The Morgan fingerprint density at radius 2 is 1.57 bits per heavy atom. The molecule has 9 atom stereocenters. The quantitative estimate of drug-likeness (QED) is 0.252. The maximum absolute atomic E-state index is 14.6. The minimum absolute atomic E-state index is 0.0578. The predicted octanol–water partition coefficient (Wildman–Crippen LogP) is 5.21. The average molecular weight is 805 g/mol. The molecule has 6 rings (SSSR count). The zero-order valence-corrected chi connectivity index (χ0v) is 33.7. The fourth-order valence-electron chi connectivity index (χ4n) is 7.49. The van der Waals surface area contributed by atoms with Crippen molar-refractivity contribution in [2.45, 2.75) is 85.6 Å². The number of anilines is 1. The molecule has 14 nitrogen and oxygen atoms in total. The van der Waals surface area contributed by atoms with Gasteiger partial charge in [0.1, 0.15) is 34.8 Å². The van der Waals surface area contributed by atoms with Gasteiger partial charge in [-0.05, 0) is 44.2 Å². The Morgan fingerprint density at radius 1 is 0.914 bits per heavy atom. The van der Waals surface area contributed by atoms with Gasteiger partial charge in [-0.3, -0.25) is 24.0 Å². The first kappa shape index (κ1) is 43.5. The van der Waals surface area contributed by atoms with Crippen LogP contribution in [-0.2, 0) is 23.8 Å². The van der Waals surface area contributed by atoms with Gasteiger partial charge in [-0.15, -0.1) is 0 Å². The first-order valence-electron chi connectivity index (χ1n) is 18.8. The number of aliphatic hydroxyl groups excluding tert-OH is 2. The Bertz CT molecular complexity index is 2140. The van der Waals surface area contributed by atoms with Crippen molar-refractivity contribution in [3.63, 3.8) is 0 Å². The first-order chi connectivity index (χ1) is 27.2. The van der Waals surface area contributed by atoms with Crippen LogP contribution in [0.4, 0.5) is 10.1 Å². The van der Waals surface area contributed by atoms with Crippen molar-refractivity contribution in [1.82, 2.24) is 5.32 Å². The predicted molar refractivity (Wildman–Crippen MR) is 208 cm³/mol. The van der Waals surface area contributed by atoms with Crippen LogP contribution in [0.3, 0.4) is 0 Å². The number of phenolic OH excluding ortho intramolecular Hbond substituents is 1. The molecule has 2 aromatic rings. The number of fused-ring (bicyclic) bond motifs is 14. The fraction of sp³-hybridized carbons (Fsp3) is 0.419. The van der Waals surface area contributed by atoms with Crippen LogP contribution in [0.5, 0.6) is 11.5 Å². The van der Waals surface area contributed by atoms with Crippen molar-refractivity contribution in [1.29, 1.82) is 0 Å². The maximum Gasteiger partial charge on any atom is 0.312 e. The summed E-state index contributed by atoms with van der Waals surface area (Å²) >= 11 is 0. The van der Waals surface area contributed by atoms with Crippen molar-refractivity contribution in [2.75, 3.05) is 12.4 Å². The van der Waals surface area contributed by atoms with Crippen molar-refractivity contribution < 1.29 is 62.6 Å². The van der Waals surface area contributed by atoms with Crippen LogP contribution < -0.4 is 15.4 Å². The summed E-state index contributed by atoms with van der Waals surface area (Å²) in [5.41, 5.74) is -2.25. The third kappa shape index (κ3) is 8.20. The largest absolute Gasteiger partial charge is 0.507 e. The highest BCUT2D eigenvalue weighted by Gasteiger charge is 2.53. The third-order valence-corrected chi connectivity index (χ3v) is 11.1. The lowest BCUT2D eigenvalue weighted by Crippen LogP contribution is -2.46. The summed E-state index contributed by atoms with van der Waals surface area (Å²) in [5, 5.41) is 39.5. The summed E-state index contributed by atoms with van der Waals surface area (Å²) in [5.74, 6) is -10.5. The SMILES string of the molecule is COC1C=COC2(C)Oc3c(C)c(O)c4c(c3C2=O)C(=O)C(Nc2ccc(F)cc2)=C(NC(=O)C(C)=CC=CC(C)C(O)C(C)C(O)C(C)C(OC(C)=O)C1C)C4=O. The lowest BCUT2D eigenvalue weighted by atomic mass is 9.78. The summed E-state index contributed by atoms with van der Waals surface area (Å²) in [7, 11) is 1.40. The van der Waals surface area contributed by atoms with Gasteiger partial charge in [0.25, 0.3) is 11.7 Å². The van der Waals surface area contributed by atoms with Crippen molar-refractivity contribution in [3.8, 4) is 11.5 Å². The van der Waals surface area contributed by atoms with E-state index in [9.17, 15) is 43.7 Å². The van der Waals surface area contributed by atoms with Gasteiger partial charge >= 0.3 is 11.8 Å². The number of aliphatic hydroxyl groups is 2. The number of esters is 1. The molecular weight excluding hydrogens is 755 g/mol. The number of amides is 1. The van der Waals surface area contributed by atoms with Gasteiger partial charge in [0.2, 0.25) is 11.6 Å². The molecule has 9 unspecified atom stereocenters. The number of phenols is 1. The molecule has 0 saturated carbocycles. The highest BCUT2D eigenvalue weighted by atomic mass is 19.1. The topological polar surface area (TPSA) is 207 Å². The lowest BCUT2D eigenvalue weighted by Gasteiger charge is -2.38. The van der Waals surface area contributed by atoms with Gasteiger partial charge < -0.3 is 44.9 Å². The molecule has 1 aliphatic carbocycles. The molecule has 310 valence electrons. The number of halogens is 1. The minimum Gasteiger partial charge on any atom is -0.507 e. The zero-order chi connectivity index (χ0) is 43.0. The highest BCUT2D eigenvalue weighted by molar-refractivity contribution is 6.33. The molecule has 3 heterocycles. The number of carbonyl (C=O) groups excluding carboxylic acids is 5. The number of benzene rings is 2. The number of ketones is 3. The van der Waals surface area contributed by atoms with Crippen LogP contribution in [0, 0.1) is 36.4 Å². The van der Waals surface area contributed by atoms with E-state index in [0.29, 0.717) is 0 Å². The van der Waals surface area contributed by atoms with E-state index in [2.05, 4.69) is 10.6 Å². The van der Waals surface area contributed by atoms with Crippen LogP contribution in [-0.4, -0.2) is 81.9 Å². The summed E-state index contributed by atoms with van der Waals surface area (Å²) in [6, 6.07) is 4.81. The molecule has 5 bridgehead atoms. The number of hydrogen-bond acceptors (Lipinski definition) is 13. The minimum atomic E-state index is -2.14. The van der Waals surface area contributed by atoms with Crippen LogP contribution in [0.2, 0.25) is 0 Å². The van der Waals surface area contributed by atoms with Crippen LogP contribution in [0.15, 0.2) is 71.8 Å². The second-order valence-electron chi connectivity index (χ2n) is 15.2. The Labute approximate surface area is 335 Å². The van der Waals surface area contributed by atoms with E-state index in [1.807, 2.05) is 0 Å². The van der Waals surface area contributed by atoms with Crippen molar-refractivity contribution >= 4 is 34.9 Å². The number of methoxy groups -OCH3 is 1. The summed E-state index contributed by atoms with van der Waals surface area (Å²) in [4.78, 5) is 69.2.